The average molecular weight is 486 g/mol. The molecule has 0 spiro atoms. The summed E-state index contributed by atoms with van der Waals surface area (Å²) in [6.45, 7) is 1.63. The number of nitro benzene ring substituents is 1. The number of phenols is 1. The van der Waals surface area contributed by atoms with Gasteiger partial charge in [0.25, 0.3) is 5.69 Å². The van der Waals surface area contributed by atoms with Crippen molar-refractivity contribution in [1.29, 1.82) is 0 Å². The molecular weight excluding hydrogens is 460 g/mol. The third kappa shape index (κ3) is 4.36. The molecule has 1 aliphatic heterocycles. The van der Waals surface area contributed by atoms with Crippen LogP contribution in [0.25, 0.3) is 0 Å². The number of nitrogens with zero attached hydrogens (tertiary/aromatic N) is 6. The Hall–Kier alpha value is -3.81. The molecule has 0 radical (unpaired) electrons. The zero-order valence-electron chi connectivity index (χ0n) is 19.6. The fourth-order valence-electron chi connectivity index (χ4n) is 4.42. The van der Waals surface area contributed by atoms with Gasteiger partial charge in [-0.1, -0.05) is 12.1 Å². The summed E-state index contributed by atoms with van der Waals surface area (Å²) in [5.41, 5.74) is -0.937. The third-order valence-corrected chi connectivity index (χ3v) is 6.02. The van der Waals surface area contributed by atoms with E-state index in [1.54, 1.807) is 37.1 Å². The number of hydrogen-bond donors (Lipinski definition) is 2. The van der Waals surface area contributed by atoms with Gasteiger partial charge in [0, 0.05) is 31.9 Å². The molecule has 0 bridgehead atoms. The van der Waals surface area contributed by atoms with Crippen molar-refractivity contribution in [3.05, 3.63) is 64.0 Å². The molecule has 3 aromatic rings. The van der Waals surface area contributed by atoms with Gasteiger partial charge in [-0.25, -0.2) is 0 Å². The predicted octanol–water partition coefficient (Wildman–Crippen LogP) is 1.70. The first-order chi connectivity index (χ1) is 16.7. The molecule has 2 N–H and O–H groups in total. The van der Waals surface area contributed by atoms with E-state index in [0.717, 1.165) is 0 Å². The first-order valence-electron chi connectivity index (χ1n) is 10.7. The monoisotopic (exact) mass is 486 g/mol. The van der Waals surface area contributed by atoms with Crippen LogP contribution in [0.1, 0.15) is 24.4 Å². The van der Waals surface area contributed by atoms with E-state index in [-0.39, 0.29) is 18.0 Å². The number of aryl methyl sites for hydroxylation is 1. The van der Waals surface area contributed by atoms with E-state index in [4.69, 9.17) is 14.2 Å². The Labute approximate surface area is 200 Å². The van der Waals surface area contributed by atoms with E-state index in [9.17, 15) is 20.3 Å². The Bertz CT molecular complexity index is 1220. The number of phenolic OH excluding ortho intramolecular Hbond substituents is 1. The zero-order chi connectivity index (χ0) is 25.3. The SMILES string of the molecule is COC(OC)[C@@]1(C)Oc2ccc([N+](=O)[O-])cc2[C@H](N(Cc2nnn(C)n2)c2ccccc2O)[C@H]1O. The van der Waals surface area contributed by atoms with Gasteiger partial charge in [0.2, 0.25) is 0 Å². The van der Waals surface area contributed by atoms with Gasteiger partial charge in [-0.3, -0.25) is 10.1 Å². The molecule has 3 atom stereocenters. The van der Waals surface area contributed by atoms with Crippen molar-refractivity contribution >= 4 is 11.4 Å². The van der Waals surface area contributed by atoms with Crippen LogP contribution in [0, 0.1) is 10.1 Å². The second kappa shape index (κ2) is 9.44. The number of tetrazole rings is 1. The molecule has 1 aliphatic rings. The minimum absolute atomic E-state index is 0.00990. The van der Waals surface area contributed by atoms with Crippen LogP contribution < -0.4 is 9.64 Å². The summed E-state index contributed by atoms with van der Waals surface area (Å²) in [6, 6.07) is 9.70. The minimum Gasteiger partial charge on any atom is -0.506 e. The number of hydrogen-bond acceptors (Lipinski definition) is 11. The number of ether oxygens (including phenoxy) is 3. The molecule has 0 saturated heterocycles. The summed E-state index contributed by atoms with van der Waals surface area (Å²) in [4.78, 5) is 14.0. The maximum atomic E-state index is 11.8. The average Bonchev–Trinajstić information content (AvgIpc) is 3.24. The molecular formula is C22H26N6O7. The summed E-state index contributed by atoms with van der Waals surface area (Å²) in [7, 11) is 4.45. The molecule has 0 fully saturated rings. The van der Waals surface area contributed by atoms with Crippen molar-refractivity contribution in [3.63, 3.8) is 0 Å². The normalized spacial score (nSPS) is 21.4. The number of anilines is 1. The molecule has 0 amide bonds. The Balaban J connectivity index is 1.94. The first-order valence-corrected chi connectivity index (χ1v) is 10.7. The van der Waals surface area contributed by atoms with E-state index >= 15 is 0 Å². The van der Waals surface area contributed by atoms with Crippen LogP contribution in [0.4, 0.5) is 11.4 Å². The van der Waals surface area contributed by atoms with Crippen LogP contribution in [-0.2, 0) is 23.1 Å². The molecule has 0 unspecified atom stereocenters. The Kier molecular flexibility index (Phi) is 6.56. The highest BCUT2D eigenvalue weighted by Gasteiger charge is 2.54. The second-order valence-electron chi connectivity index (χ2n) is 8.27. The number of fused-ring (bicyclic) bond motifs is 1. The lowest BCUT2D eigenvalue weighted by molar-refractivity contribution is -0.385. The van der Waals surface area contributed by atoms with E-state index in [0.29, 0.717) is 22.8 Å². The van der Waals surface area contributed by atoms with Gasteiger partial charge < -0.3 is 29.3 Å². The number of methoxy groups -OCH3 is 2. The summed E-state index contributed by atoms with van der Waals surface area (Å²) in [6.07, 6.45) is -2.35. The van der Waals surface area contributed by atoms with Crippen molar-refractivity contribution in [1.82, 2.24) is 20.2 Å². The molecule has 35 heavy (non-hydrogen) atoms. The van der Waals surface area contributed by atoms with Gasteiger partial charge in [0.1, 0.15) is 17.6 Å². The van der Waals surface area contributed by atoms with Crippen molar-refractivity contribution in [2.24, 2.45) is 7.05 Å². The zero-order valence-corrected chi connectivity index (χ0v) is 19.6. The molecule has 4 rings (SSSR count). The minimum atomic E-state index is -1.43. The van der Waals surface area contributed by atoms with Gasteiger partial charge in [-0.15, -0.1) is 10.2 Å². The van der Waals surface area contributed by atoms with Crippen molar-refractivity contribution in [3.8, 4) is 11.5 Å². The first kappa shape index (κ1) is 24.3. The van der Waals surface area contributed by atoms with Crippen LogP contribution in [0.2, 0.25) is 0 Å². The Morgan fingerprint density at radius 1 is 1.29 bits per heavy atom. The lowest BCUT2D eigenvalue weighted by Crippen LogP contribution is -2.62. The fraction of sp³-hybridized carbons (Fsp3) is 0.409. The fourth-order valence-corrected chi connectivity index (χ4v) is 4.42. The van der Waals surface area contributed by atoms with Crippen LogP contribution >= 0.6 is 0 Å². The van der Waals surface area contributed by atoms with Gasteiger partial charge >= 0.3 is 0 Å². The summed E-state index contributed by atoms with van der Waals surface area (Å²) in [5.74, 6) is 0.525. The summed E-state index contributed by atoms with van der Waals surface area (Å²) >= 11 is 0. The van der Waals surface area contributed by atoms with Crippen molar-refractivity contribution in [2.75, 3.05) is 19.1 Å². The quantitative estimate of drug-likeness (QED) is 0.271. The number of aliphatic hydroxyl groups is 1. The lowest BCUT2D eigenvalue weighted by Gasteiger charge is -2.49. The highest BCUT2D eigenvalue weighted by molar-refractivity contribution is 5.61. The third-order valence-electron chi connectivity index (χ3n) is 6.02. The predicted molar refractivity (Wildman–Crippen MR) is 122 cm³/mol. The van der Waals surface area contributed by atoms with Crippen LogP contribution in [0.3, 0.4) is 0 Å². The Morgan fingerprint density at radius 2 is 2.00 bits per heavy atom. The second-order valence-corrected chi connectivity index (χ2v) is 8.27. The Morgan fingerprint density at radius 3 is 2.60 bits per heavy atom. The van der Waals surface area contributed by atoms with Gasteiger partial charge in [-0.05, 0) is 30.3 Å². The van der Waals surface area contributed by atoms with Crippen molar-refractivity contribution < 1.29 is 29.3 Å². The van der Waals surface area contributed by atoms with Gasteiger partial charge in [0.05, 0.1) is 30.2 Å². The van der Waals surface area contributed by atoms with Gasteiger partial charge in [-0.2, -0.15) is 4.80 Å². The van der Waals surface area contributed by atoms with Crippen LogP contribution in [-0.4, -0.2) is 67.6 Å². The largest absolute Gasteiger partial charge is 0.506 e. The van der Waals surface area contributed by atoms with Crippen LogP contribution in [0.15, 0.2) is 42.5 Å². The molecule has 2 aromatic carbocycles. The van der Waals surface area contributed by atoms with E-state index < -0.39 is 29.0 Å². The molecule has 1 aromatic heterocycles. The highest BCUT2D eigenvalue weighted by Crippen LogP contribution is 2.48. The number of nitro groups is 1. The van der Waals surface area contributed by atoms with Crippen molar-refractivity contribution in [2.45, 2.75) is 37.5 Å². The number of aliphatic hydroxyl groups excluding tert-OH is 1. The van der Waals surface area contributed by atoms with E-state index in [2.05, 4.69) is 15.4 Å². The molecule has 0 saturated carbocycles. The standard InChI is InChI=1S/C22H26N6O7/c1-22(21(33-3)34-4)20(30)19(14-11-13(28(31)32)9-10-17(14)35-22)27(12-18-23-25-26(2)24-18)15-7-5-6-8-16(15)29/h5-11,19-21,29-30H,12H2,1-4H3/t19-,20+,22-/m0/s1. The number of aromatic nitrogens is 4. The number of benzene rings is 2. The smallest absolute Gasteiger partial charge is 0.270 e. The number of non-ortho nitro benzene ring substituents is 1. The molecule has 13 heteroatoms. The van der Waals surface area contributed by atoms with E-state index in [1.807, 2.05) is 0 Å². The maximum Gasteiger partial charge on any atom is 0.270 e. The molecule has 0 aliphatic carbocycles. The van der Waals surface area contributed by atoms with Crippen LogP contribution in [0.5, 0.6) is 11.5 Å². The lowest BCUT2D eigenvalue weighted by atomic mass is 9.83. The number of rotatable bonds is 8. The summed E-state index contributed by atoms with van der Waals surface area (Å²) < 4.78 is 17.0. The molecule has 13 nitrogen and oxygen atoms in total. The number of para-hydroxylation sites is 2. The number of aromatic hydroxyl groups is 1. The maximum absolute atomic E-state index is 11.8. The highest BCUT2D eigenvalue weighted by atomic mass is 16.7. The van der Waals surface area contributed by atoms with Gasteiger partial charge in [0.15, 0.2) is 17.7 Å². The molecule has 2 heterocycles. The molecule has 186 valence electrons. The summed E-state index contributed by atoms with van der Waals surface area (Å²) in [5, 5.41) is 46.2. The topological polar surface area (TPSA) is 158 Å². The van der Waals surface area contributed by atoms with E-state index in [1.165, 1.54) is 43.3 Å².